The van der Waals surface area contributed by atoms with E-state index < -0.39 is 0 Å². The molecule has 0 bridgehead atoms. The Morgan fingerprint density at radius 3 is 2.80 bits per heavy atom. The summed E-state index contributed by atoms with van der Waals surface area (Å²) in [5.74, 6) is 0.765. The van der Waals surface area contributed by atoms with Gasteiger partial charge >= 0.3 is 0 Å². The smallest absolute Gasteiger partial charge is 0.251 e. The number of ether oxygens (including phenoxy) is 1. The highest BCUT2D eigenvalue weighted by atomic mass is 16.5. The maximum atomic E-state index is 12.4. The zero-order chi connectivity index (χ0) is 17.1. The van der Waals surface area contributed by atoms with Gasteiger partial charge in [-0.2, -0.15) is 0 Å². The van der Waals surface area contributed by atoms with E-state index in [0.717, 1.165) is 24.1 Å². The van der Waals surface area contributed by atoms with Gasteiger partial charge in [0.15, 0.2) is 0 Å². The molecule has 4 heteroatoms. The minimum absolute atomic E-state index is 0.0516. The SMILES string of the molecule is O=C(NCCOc1ccccc1)c1ccc2[nH]c3c(c2c1)CCCC3. The molecule has 0 aliphatic heterocycles. The van der Waals surface area contributed by atoms with Crippen LogP contribution in [0.15, 0.2) is 48.5 Å². The first-order valence-electron chi connectivity index (χ1n) is 8.91. The minimum atomic E-state index is -0.0516. The van der Waals surface area contributed by atoms with Crippen LogP contribution < -0.4 is 10.1 Å². The van der Waals surface area contributed by atoms with Crippen LogP contribution in [-0.2, 0) is 12.8 Å². The van der Waals surface area contributed by atoms with Crippen molar-refractivity contribution < 1.29 is 9.53 Å². The minimum Gasteiger partial charge on any atom is -0.492 e. The molecule has 4 rings (SSSR count). The lowest BCUT2D eigenvalue weighted by Crippen LogP contribution is -2.28. The lowest BCUT2D eigenvalue weighted by atomic mass is 9.95. The van der Waals surface area contributed by atoms with Gasteiger partial charge in [-0.15, -0.1) is 0 Å². The van der Waals surface area contributed by atoms with Gasteiger partial charge in [0, 0.05) is 22.2 Å². The van der Waals surface area contributed by atoms with Crippen molar-refractivity contribution in [1.29, 1.82) is 0 Å². The molecule has 2 aromatic carbocycles. The van der Waals surface area contributed by atoms with E-state index in [0.29, 0.717) is 18.7 Å². The van der Waals surface area contributed by atoms with Gasteiger partial charge in [-0.25, -0.2) is 0 Å². The molecule has 128 valence electrons. The molecule has 1 aromatic heterocycles. The van der Waals surface area contributed by atoms with Crippen molar-refractivity contribution in [3.8, 4) is 5.75 Å². The van der Waals surface area contributed by atoms with Crippen molar-refractivity contribution in [1.82, 2.24) is 10.3 Å². The predicted octanol–water partition coefficient (Wildman–Crippen LogP) is 3.86. The van der Waals surface area contributed by atoms with E-state index in [1.54, 1.807) is 0 Å². The molecule has 2 N–H and O–H groups in total. The normalized spacial score (nSPS) is 13.4. The monoisotopic (exact) mass is 334 g/mol. The largest absolute Gasteiger partial charge is 0.492 e. The van der Waals surface area contributed by atoms with Crippen molar-refractivity contribution in [2.45, 2.75) is 25.7 Å². The highest BCUT2D eigenvalue weighted by molar-refractivity contribution is 5.99. The quantitative estimate of drug-likeness (QED) is 0.696. The van der Waals surface area contributed by atoms with Gasteiger partial charge in [0.1, 0.15) is 12.4 Å². The van der Waals surface area contributed by atoms with Crippen molar-refractivity contribution in [3.05, 3.63) is 65.4 Å². The first kappa shape index (κ1) is 15.8. The zero-order valence-corrected chi connectivity index (χ0v) is 14.2. The maximum Gasteiger partial charge on any atom is 0.251 e. The number of amides is 1. The third-order valence-electron chi connectivity index (χ3n) is 4.76. The molecule has 0 saturated carbocycles. The molecule has 1 amide bonds. The van der Waals surface area contributed by atoms with Crippen molar-refractivity contribution >= 4 is 16.8 Å². The zero-order valence-electron chi connectivity index (χ0n) is 14.2. The molecule has 0 unspecified atom stereocenters. The van der Waals surface area contributed by atoms with Crippen molar-refractivity contribution in [3.63, 3.8) is 0 Å². The standard InChI is InChI=1S/C21H22N2O2/c24-21(22-12-13-25-16-6-2-1-3-7-16)15-10-11-20-18(14-15)17-8-4-5-9-19(17)23-20/h1-3,6-7,10-11,14,23H,4-5,8-9,12-13H2,(H,22,24). The number of nitrogens with one attached hydrogen (secondary N) is 2. The first-order valence-corrected chi connectivity index (χ1v) is 8.91. The van der Waals surface area contributed by atoms with E-state index in [4.69, 9.17) is 4.74 Å². The molecular formula is C21H22N2O2. The molecule has 0 fully saturated rings. The van der Waals surface area contributed by atoms with Crippen molar-refractivity contribution in [2.75, 3.05) is 13.2 Å². The number of rotatable bonds is 5. The van der Waals surface area contributed by atoms with E-state index in [1.165, 1.54) is 29.5 Å². The number of aromatic amines is 1. The van der Waals surface area contributed by atoms with Gasteiger partial charge in [0.25, 0.3) is 5.91 Å². The molecule has 0 radical (unpaired) electrons. The summed E-state index contributed by atoms with van der Waals surface area (Å²) in [7, 11) is 0. The Kier molecular flexibility index (Phi) is 4.42. The Morgan fingerprint density at radius 1 is 1.08 bits per heavy atom. The van der Waals surface area contributed by atoms with E-state index >= 15 is 0 Å². The molecule has 0 atom stereocenters. The van der Waals surface area contributed by atoms with Crippen LogP contribution in [0.1, 0.15) is 34.5 Å². The predicted molar refractivity (Wildman–Crippen MR) is 99.2 cm³/mol. The van der Waals surface area contributed by atoms with Crippen LogP contribution in [0.5, 0.6) is 5.75 Å². The molecule has 4 nitrogen and oxygen atoms in total. The summed E-state index contributed by atoms with van der Waals surface area (Å²) in [6.07, 6.45) is 4.69. The van der Waals surface area contributed by atoms with Crippen molar-refractivity contribution in [2.24, 2.45) is 0 Å². The van der Waals surface area contributed by atoms with Crippen LogP contribution in [0.4, 0.5) is 0 Å². The number of carbonyl (C=O) groups excluding carboxylic acids is 1. The number of aryl methyl sites for hydroxylation is 2. The summed E-state index contributed by atoms with van der Waals surface area (Å²) < 4.78 is 5.60. The molecule has 3 aromatic rings. The molecular weight excluding hydrogens is 312 g/mol. The van der Waals surface area contributed by atoms with E-state index in [9.17, 15) is 4.79 Å². The Morgan fingerprint density at radius 2 is 1.92 bits per heavy atom. The number of H-pyrrole nitrogens is 1. The number of hydrogen-bond donors (Lipinski definition) is 2. The lowest BCUT2D eigenvalue weighted by molar-refractivity contribution is 0.0947. The number of aromatic nitrogens is 1. The number of hydrogen-bond acceptors (Lipinski definition) is 2. The topological polar surface area (TPSA) is 54.1 Å². The summed E-state index contributed by atoms with van der Waals surface area (Å²) in [6.45, 7) is 0.939. The fraction of sp³-hybridized carbons (Fsp3) is 0.286. The van der Waals surface area contributed by atoms with Crippen LogP contribution in [-0.4, -0.2) is 24.0 Å². The highest BCUT2D eigenvalue weighted by Crippen LogP contribution is 2.29. The van der Waals surface area contributed by atoms with Crippen LogP contribution in [0.25, 0.3) is 10.9 Å². The van der Waals surface area contributed by atoms with Crippen LogP contribution >= 0.6 is 0 Å². The second kappa shape index (κ2) is 7.01. The third-order valence-corrected chi connectivity index (χ3v) is 4.76. The second-order valence-corrected chi connectivity index (χ2v) is 6.47. The van der Waals surface area contributed by atoms with Crippen LogP contribution in [0, 0.1) is 0 Å². The fourth-order valence-electron chi connectivity index (χ4n) is 3.50. The summed E-state index contributed by atoms with van der Waals surface area (Å²) in [6, 6.07) is 15.5. The molecule has 0 saturated heterocycles. The second-order valence-electron chi connectivity index (χ2n) is 6.47. The number of para-hydroxylation sites is 1. The molecule has 0 spiro atoms. The fourth-order valence-corrected chi connectivity index (χ4v) is 3.50. The van der Waals surface area contributed by atoms with Gasteiger partial charge in [-0.1, -0.05) is 18.2 Å². The van der Waals surface area contributed by atoms with Gasteiger partial charge in [0.05, 0.1) is 6.54 Å². The Balaban J connectivity index is 1.40. The third kappa shape index (κ3) is 3.38. The number of carbonyl (C=O) groups is 1. The van der Waals surface area contributed by atoms with E-state index in [1.807, 2.05) is 48.5 Å². The van der Waals surface area contributed by atoms with Crippen LogP contribution in [0.2, 0.25) is 0 Å². The number of fused-ring (bicyclic) bond motifs is 3. The Labute approximate surface area is 147 Å². The van der Waals surface area contributed by atoms with Gasteiger partial charge in [-0.05, 0) is 61.6 Å². The first-order chi connectivity index (χ1) is 12.3. The Bertz CT molecular complexity index is 884. The van der Waals surface area contributed by atoms with Crippen LogP contribution in [0.3, 0.4) is 0 Å². The van der Waals surface area contributed by atoms with E-state index in [2.05, 4.69) is 10.3 Å². The summed E-state index contributed by atoms with van der Waals surface area (Å²) in [5, 5.41) is 4.13. The average molecular weight is 334 g/mol. The molecule has 1 aliphatic rings. The molecule has 1 aliphatic carbocycles. The molecule has 25 heavy (non-hydrogen) atoms. The Hall–Kier alpha value is -2.75. The van der Waals surface area contributed by atoms with Gasteiger partial charge in [0.2, 0.25) is 0 Å². The lowest BCUT2D eigenvalue weighted by Gasteiger charge is -2.11. The van der Waals surface area contributed by atoms with E-state index in [-0.39, 0.29) is 5.91 Å². The maximum absolute atomic E-state index is 12.4. The summed E-state index contributed by atoms with van der Waals surface area (Å²) in [5.41, 5.74) is 4.58. The van der Waals surface area contributed by atoms with Gasteiger partial charge < -0.3 is 15.0 Å². The van der Waals surface area contributed by atoms with Gasteiger partial charge in [-0.3, -0.25) is 4.79 Å². The summed E-state index contributed by atoms with van der Waals surface area (Å²) in [4.78, 5) is 15.9. The molecule has 1 heterocycles. The number of benzene rings is 2. The highest BCUT2D eigenvalue weighted by Gasteiger charge is 2.16. The summed E-state index contributed by atoms with van der Waals surface area (Å²) >= 11 is 0. The average Bonchev–Trinajstić information content (AvgIpc) is 3.04.